The number of carbonyl (C=O) groups excluding carboxylic acids is 2. The molecule has 2 amide bonds. The van der Waals surface area contributed by atoms with Crippen molar-refractivity contribution < 1.29 is 9.59 Å². The molecule has 1 saturated heterocycles. The molecular formula is C26H27N3O2. The Hall–Kier alpha value is -3.44. The minimum atomic E-state index is -0.0993. The van der Waals surface area contributed by atoms with Gasteiger partial charge in [0.15, 0.2) is 0 Å². The summed E-state index contributed by atoms with van der Waals surface area (Å²) in [4.78, 5) is 26.0. The second kappa shape index (κ2) is 9.58. The van der Waals surface area contributed by atoms with Gasteiger partial charge in [-0.15, -0.1) is 0 Å². The summed E-state index contributed by atoms with van der Waals surface area (Å²) in [7, 11) is 0. The van der Waals surface area contributed by atoms with Gasteiger partial charge in [-0.3, -0.25) is 9.59 Å². The highest BCUT2D eigenvalue weighted by molar-refractivity contribution is 5.96. The predicted octanol–water partition coefficient (Wildman–Crippen LogP) is 4.77. The van der Waals surface area contributed by atoms with Crippen LogP contribution in [0.25, 0.3) is 11.1 Å². The summed E-state index contributed by atoms with van der Waals surface area (Å²) in [6, 6.07) is 26.2. The molecule has 158 valence electrons. The summed E-state index contributed by atoms with van der Waals surface area (Å²) in [5, 5.41) is 6.18. The van der Waals surface area contributed by atoms with E-state index in [0.29, 0.717) is 6.42 Å². The number of hydrogen-bond acceptors (Lipinski definition) is 3. The first kappa shape index (κ1) is 20.8. The molecule has 0 aliphatic carbocycles. The molecular weight excluding hydrogens is 386 g/mol. The van der Waals surface area contributed by atoms with Gasteiger partial charge in [-0.05, 0) is 54.3 Å². The van der Waals surface area contributed by atoms with Gasteiger partial charge in [-0.25, -0.2) is 0 Å². The lowest BCUT2D eigenvalue weighted by Crippen LogP contribution is -2.30. The maximum atomic E-state index is 12.3. The summed E-state index contributed by atoms with van der Waals surface area (Å²) in [5.74, 6) is 0.0597. The molecule has 1 aliphatic rings. The molecule has 0 saturated carbocycles. The number of nitrogens with one attached hydrogen (secondary N) is 2. The van der Waals surface area contributed by atoms with Crippen LogP contribution in [-0.2, 0) is 9.59 Å². The lowest BCUT2D eigenvalue weighted by molar-refractivity contribution is -0.117. The minimum Gasteiger partial charge on any atom is -0.325 e. The van der Waals surface area contributed by atoms with Crippen LogP contribution >= 0.6 is 0 Å². The number of hydrogen-bond donors (Lipinski definition) is 2. The molecule has 1 aliphatic heterocycles. The van der Waals surface area contributed by atoms with Crippen molar-refractivity contribution in [3.63, 3.8) is 0 Å². The quantitative estimate of drug-likeness (QED) is 0.587. The molecule has 1 atom stereocenters. The zero-order valence-corrected chi connectivity index (χ0v) is 17.7. The molecule has 0 radical (unpaired) electrons. The molecule has 5 heteroatoms. The van der Waals surface area contributed by atoms with Crippen molar-refractivity contribution in [2.24, 2.45) is 0 Å². The Balaban J connectivity index is 1.28. The first-order valence-corrected chi connectivity index (χ1v) is 10.7. The highest BCUT2D eigenvalue weighted by Crippen LogP contribution is 2.23. The van der Waals surface area contributed by atoms with Crippen LogP contribution in [0.2, 0.25) is 0 Å². The Morgan fingerprint density at radius 1 is 0.935 bits per heavy atom. The molecule has 5 nitrogen and oxygen atoms in total. The number of amides is 2. The molecule has 1 fully saturated rings. The lowest BCUT2D eigenvalue weighted by atomic mass is 10.0. The van der Waals surface area contributed by atoms with Crippen LogP contribution in [0.1, 0.15) is 31.4 Å². The number of nitrogens with zero attached hydrogens (tertiary/aromatic N) is 1. The van der Waals surface area contributed by atoms with E-state index in [0.717, 1.165) is 29.9 Å². The molecule has 0 spiro atoms. The molecule has 3 aromatic rings. The van der Waals surface area contributed by atoms with Crippen molar-refractivity contribution in [2.75, 3.05) is 23.3 Å². The molecule has 4 rings (SSSR count). The maximum Gasteiger partial charge on any atom is 0.238 e. The fourth-order valence-corrected chi connectivity index (χ4v) is 3.81. The average Bonchev–Trinajstić information content (AvgIpc) is 3.24. The number of benzene rings is 3. The number of rotatable bonds is 7. The summed E-state index contributed by atoms with van der Waals surface area (Å²) < 4.78 is 0. The Morgan fingerprint density at radius 3 is 2.26 bits per heavy atom. The van der Waals surface area contributed by atoms with Gasteiger partial charge in [0.05, 0.1) is 6.54 Å². The van der Waals surface area contributed by atoms with E-state index in [1.807, 2.05) is 49.4 Å². The zero-order valence-electron chi connectivity index (χ0n) is 17.7. The third-order valence-corrected chi connectivity index (χ3v) is 5.62. The van der Waals surface area contributed by atoms with Crippen molar-refractivity contribution in [3.05, 3.63) is 84.4 Å². The van der Waals surface area contributed by atoms with Crippen molar-refractivity contribution in [2.45, 2.75) is 25.8 Å². The number of carbonyl (C=O) groups is 2. The lowest BCUT2D eigenvalue weighted by Gasteiger charge is -2.17. The second-order valence-corrected chi connectivity index (χ2v) is 7.83. The third-order valence-electron chi connectivity index (χ3n) is 5.62. The van der Waals surface area contributed by atoms with Crippen LogP contribution in [0.4, 0.5) is 11.4 Å². The Kier molecular flexibility index (Phi) is 6.43. The molecule has 3 aromatic carbocycles. The number of anilines is 2. The van der Waals surface area contributed by atoms with Crippen LogP contribution in [-0.4, -0.2) is 24.9 Å². The van der Waals surface area contributed by atoms with Gasteiger partial charge >= 0.3 is 0 Å². The van der Waals surface area contributed by atoms with Crippen molar-refractivity contribution in [1.29, 1.82) is 0 Å². The van der Waals surface area contributed by atoms with E-state index in [4.69, 9.17) is 0 Å². The van der Waals surface area contributed by atoms with E-state index in [2.05, 4.69) is 47.0 Å². The minimum absolute atomic E-state index is 0.0547. The van der Waals surface area contributed by atoms with Crippen molar-refractivity contribution in [3.8, 4) is 11.1 Å². The highest BCUT2D eigenvalue weighted by atomic mass is 16.2. The standard InChI is InChI=1S/C26H27N3O2/c1-19(20-9-11-22(12-10-20)21-6-3-2-4-7-21)27-18-25(30)28-23-13-15-24(16-14-23)29-17-5-8-26(29)31/h2-4,6-7,9-16,19,27H,5,8,17-18H2,1H3,(H,28,30). The Labute approximate surface area is 183 Å². The van der Waals surface area contributed by atoms with E-state index < -0.39 is 0 Å². The molecule has 0 aromatic heterocycles. The topological polar surface area (TPSA) is 61.4 Å². The second-order valence-electron chi connectivity index (χ2n) is 7.83. The van der Waals surface area contributed by atoms with E-state index in [1.165, 1.54) is 11.1 Å². The summed E-state index contributed by atoms with van der Waals surface area (Å²) in [6.45, 7) is 3.03. The van der Waals surface area contributed by atoms with Gasteiger partial charge < -0.3 is 15.5 Å². The normalized spacial score (nSPS) is 14.5. The molecule has 2 N–H and O–H groups in total. The van der Waals surface area contributed by atoms with Crippen molar-refractivity contribution >= 4 is 23.2 Å². The van der Waals surface area contributed by atoms with Crippen molar-refractivity contribution in [1.82, 2.24) is 5.32 Å². The zero-order chi connectivity index (χ0) is 21.6. The monoisotopic (exact) mass is 413 g/mol. The third kappa shape index (κ3) is 5.19. The largest absolute Gasteiger partial charge is 0.325 e. The van der Waals surface area contributed by atoms with Gasteiger partial charge in [0.2, 0.25) is 11.8 Å². The van der Waals surface area contributed by atoms with Crippen LogP contribution < -0.4 is 15.5 Å². The summed E-state index contributed by atoms with van der Waals surface area (Å²) in [6.07, 6.45) is 1.51. The summed E-state index contributed by atoms with van der Waals surface area (Å²) >= 11 is 0. The fraction of sp³-hybridized carbons (Fsp3) is 0.231. The SMILES string of the molecule is CC(NCC(=O)Nc1ccc(N2CCCC2=O)cc1)c1ccc(-c2ccccc2)cc1. The van der Waals surface area contributed by atoms with Crippen LogP contribution in [0.15, 0.2) is 78.9 Å². The van der Waals surface area contributed by atoms with Crippen LogP contribution in [0.5, 0.6) is 0 Å². The van der Waals surface area contributed by atoms with E-state index >= 15 is 0 Å². The Bertz CT molecular complexity index is 1030. The first-order valence-electron chi connectivity index (χ1n) is 10.7. The van der Waals surface area contributed by atoms with Crippen LogP contribution in [0, 0.1) is 0 Å². The Morgan fingerprint density at radius 2 is 1.61 bits per heavy atom. The fourth-order valence-electron chi connectivity index (χ4n) is 3.81. The average molecular weight is 414 g/mol. The molecule has 1 heterocycles. The smallest absolute Gasteiger partial charge is 0.238 e. The van der Waals surface area contributed by atoms with Gasteiger partial charge in [0, 0.05) is 30.4 Å². The van der Waals surface area contributed by atoms with E-state index in [9.17, 15) is 9.59 Å². The van der Waals surface area contributed by atoms with Crippen LogP contribution in [0.3, 0.4) is 0 Å². The highest BCUT2D eigenvalue weighted by Gasteiger charge is 2.21. The van der Waals surface area contributed by atoms with Gasteiger partial charge in [0.1, 0.15) is 0 Å². The van der Waals surface area contributed by atoms with Gasteiger partial charge in [0.25, 0.3) is 0 Å². The molecule has 0 bridgehead atoms. The van der Waals surface area contributed by atoms with Gasteiger partial charge in [-0.2, -0.15) is 0 Å². The molecule has 31 heavy (non-hydrogen) atoms. The van der Waals surface area contributed by atoms with E-state index in [-0.39, 0.29) is 24.4 Å². The predicted molar refractivity (Wildman–Crippen MR) is 125 cm³/mol. The van der Waals surface area contributed by atoms with Gasteiger partial charge in [-0.1, -0.05) is 54.6 Å². The first-order chi connectivity index (χ1) is 15.1. The summed E-state index contributed by atoms with van der Waals surface area (Å²) in [5.41, 5.74) is 5.10. The van der Waals surface area contributed by atoms with E-state index in [1.54, 1.807) is 4.90 Å². The maximum absolute atomic E-state index is 12.3. The molecule has 1 unspecified atom stereocenters.